The topological polar surface area (TPSA) is 50.4 Å². The van der Waals surface area contributed by atoms with Gasteiger partial charge in [0.25, 0.3) is 0 Å². The number of amides is 2. The van der Waals surface area contributed by atoms with E-state index in [2.05, 4.69) is 10.6 Å². The molecule has 2 aromatic rings. The molecule has 6 heteroatoms. The Morgan fingerprint density at radius 3 is 2.68 bits per heavy atom. The summed E-state index contributed by atoms with van der Waals surface area (Å²) in [6.45, 7) is 2.62. The average Bonchev–Trinajstić information content (AvgIpc) is 2.49. The Balaban J connectivity index is 1.76. The van der Waals surface area contributed by atoms with Gasteiger partial charge in [0.15, 0.2) is 0 Å². The van der Waals surface area contributed by atoms with Crippen molar-refractivity contribution in [3.05, 3.63) is 58.1 Å². The van der Waals surface area contributed by atoms with Gasteiger partial charge in [0.2, 0.25) is 0 Å². The molecule has 0 atom stereocenters. The van der Waals surface area contributed by atoms with Gasteiger partial charge in [-0.3, -0.25) is 0 Å². The molecule has 2 N–H and O–H groups in total. The molecule has 0 aliphatic carbocycles. The van der Waals surface area contributed by atoms with Crippen molar-refractivity contribution in [1.29, 1.82) is 0 Å². The second kappa shape index (κ2) is 7.92. The summed E-state index contributed by atoms with van der Waals surface area (Å²) in [5.74, 6) is 0.606. The Morgan fingerprint density at radius 2 is 1.91 bits per heavy atom. The lowest BCUT2D eigenvalue weighted by Gasteiger charge is -2.11. The van der Waals surface area contributed by atoms with Crippen molar-refractivity contribution in [1.82, 2.24) is 5.32 Å². The van der Waals surface area contributed by atoms with Crippen molar-refractivity contribution < 1.29 is 9.53 Å². The minimum absolute atomic E-state index is 0.319. The van der Waals surface area contributed by atoms with Crippen molar-refractivity contribution in [3.8, 4) is 5.75 Å². The van der Waals surface area contributed by atoms with Crippen molar-refractivity contribution in [2.24, 2.45) is 0 Å². The highest BCUT2D eigenvalue weighted by atomic mass is 35.5. The van der Waals surface area contributed by atoms with Crippen LogP contribution in [0.3, 0.4) is 0 Å². The van der Waals surface area contributed by atoms with Gasteiger partial charge in [-0.2, -0.15) is 0 Å². The summed E-state index contributed by atoms with van der Waals surface area (Å²) in [4.78, 5) is 11.7. The Bertz CT molecular complexity index is 662. The summed E-state index contributed by atoms with van der Waals surface area (Å²) in [5.41, 5.74) is 1.62. The number of hydrogen-bond donors (Lipinski definition) is 2. The second-order valence-electron chi connectivity index (χ2n) is 4.64. The van der Waals surface area contributed by atoms with Gasteiger partial charge in [-0.1, -0.05) is 41.4 Å². The molecule has 0 radical (unpaired) electrons. The van der Waals surface area contributed by atoms with Crippen LogP contribution >= 0.6 is 23.2 Å². The molecular formula is C16H16Cl2N2O2. The number of rotatable bonds is 5. The Labute approximate surface area is 139 Å². The normalized spacial score (nSPS) is 10.1. The first-order chi connectivity index (χ1) is 10.6. The van der Waals surface area contributed by atoms with E-state index < -0.39 is 0 Å². The number of ether oxygens (including phenoxy) is 1. The fourth-order valence-electron chi connectivity index (χ4n) is 1.78. The fourth-order valence-corrected chi connectivity index (χ4v) is 2.13. The number of hydrogen-bond acceptors (Lipinski definition) is 2. The first-order valence-electron chi connectivity index (χ1n) is 6.74. The summed E-state index contributed by atoms with van der Waals surface area (Å²) in [6, 6.07) is 12.2. The molecule has 0 saturated heterocycles. The highest BCUT2D eigenvalue weighted by molar-refractivity contribution is 6.33. The van der Waals surface area contributed by atoms with Gasteiger partial charge in [0.1, 0.15) is 12.4 Å². The van der Waals surface area contributed by atoms with E-state index in [0.29, 0.717) is 34.6 Å². The van der Waals surface area contributed by atoms with Crippen molar-refractivity contribution in [3.63, 3.8) is 0 Å². The molecule has 4 nitrogen and oxygen atoms in total. The molecule has 0 saturated carbocycles. The van der Waals surface area contributed by atoms with Gasteiger partial charge in [0, 0.05) is 0 Å². The summed E-state index contributed by atoms with van der Waals surface area (Å²) in [5, 5.41) is 6.39. The molecule has 0 aromatic heterocycles. The summed E-state index contributed by atoms with van der Waals surface area (Å²) < 4.78 is 5.54. The minimum atomic E-state index is -0.341. The molecule has 22 heavy (non-hydrogen) atoms. The molecule has 2 aromatic carbocycles. The third kappa shape index (κ3) is 4.83. The molecular weight excluding hydrogens is 323 g/mol. The lowest BCUT2D eigenvalue weighted by Crippen LogP contribution is -2.32. The zero-order valence-corrected chi connectivity index (χ0v) is 13.5. The quantitative estimate of drug-likeness (QED) is 0.788. The van der Waals surface area contributed by atoms with E-state index in [-0.39, 0.29) is 6.03 Å². The molecule has 0 aliphatic heterocycles. The number of para-hydroxylation sites is 1. The van der Waals surface area contributed by atoms with E-state index in [1.807, 2.05) is 19.1 Å². The number of carbonyl (C=O) groups is 1. The van der Waals surface area contributed by atoms with Crippen LogP contribution in [0.25, 0.3) is 0 Å². The Morgan fingerprint density at radius 1 is 1.14 bits per heavy atom. The van der Waals surface area contributed by atoms with E-state index >= 15 is 0 Å². The van der Waals surface area contributed by atoms with Crippen LogP contribution in [0.4, 0.5) is 10.5 Å². The molecule has 0 fully saturated rings. The molecule has 0 spiro atoms. The first kappa shape index (κ1) is 16.5. The zero-order valence-electron chi connectivity index (χ0n) is 12.0. The van der Waals surface area contributed by atoms with Crippen molar-refractivity contribution >= 4 is 34.9 Å². The van der Waals surface area contributed by atoms with E-state index in [4.69, 9.17) is 27.9 Å². The molecule has 116 valence electrons. The van der Waals surface area contributed by atoms with Crippen LogP contribution < -0.4 is 15.4 Å². The Hall–Kier alpha value is -1.91. The van der Waals surface area contributed by atoms with Gasteiger partial charge >= 0.3 is 6.03 Å². The predicted molar refractivity (Wildman–Crippen MR) is 90.2 cm³/mol. The zero-order chi connectivity index (χ0) is 15.9. The summed E-state index contributed by atoms with van der Waals surface area (Å²) in [7, 11) is 0. The largest absolute Gasteiger partial charge is 0.490 e. The fraction of sp³-hybridized carbons (Fsp3) is 0.188. The van der Waals surface area contributed by atoms with Crippen LogP contribution in [0.5, 0.6) is 5.75 Å². The Kier molecular flexibility index (Phi) is 5.92. The van der Waals surface area contributed by atoms with Crippen LogP contribution in [-0.4, -0.2) is 19.2 Å². The van der Waals surface area contributed by atoms with E-state index in [0.717, 1.165) is 5.56 Å². The molecule has 2 rings (SSSR count). The third-order valence-electron chi connectivity index (χ3n) is 2.85. The van der Waals surface area contributed by atoms with Crippen LogP contribution in [0.2, 0.25) is 10.0 Å². The predicted octanol–water partition coefficient (Wildman–Crippen LogP) is 4.50. The van der Waals surface area contributed by atoms with Crippen LogP contribution in [0, 0.1) is 6.92 Å². The number of benzene rings is 2. The van der Waals surface area contributed by atoms with Crippen molar-refractivity contribution in [2.45, 2.75) is 6.92 Å². The number of urea groups is 1. The molecule has 0 aliphatic rings. The molecule has 0 unspecified atom stereocenters. The number of carbonyl (C=O) groups excluding carboxylic acids is 1. The van der Waals surface area contributed by atoms with E-state index in [1.165, 1.54) is 0 Å². The van der Waals surface area contributed by atoms with Gasteiger partial charge < -0.3 is 15.4 Å². The second-order valence-corrected chi connectivity index (χ2v) is 5.46. The summed E-state index contributed by atoms with van der Waals surface area (Å²) >= 11 is 12.0. The average molecular weight is 339 g/mol. The smallest absolute Gasteiger partial charge is 0.319 e. The van der Waals surface area contributed by atoms with Crippen LogP contribution in [0.15, 0.2) is 42.5 Å². The molecule has 2 amide bonds. The highest BCUT2D eigenvalue weighted by Gasteiger charge is 2.05. The lowest BCUT2D eigenvalue weighted by molar-refractivity contribution is 0.247. The van der Waals surface area contributed by atoms with Crippen LogP contribution in [0.1, 0.15) is 5.56 Å². The summed E-state index contributed by atoms with van der Waals surface area (Å²) in [6.07, 6.45) is 0. The maximum absolute atomic E-state index is 11.7. The SMILES string of the molecule is Cc1ccc(Cl)c(OCCNC(=O)Nc2ccccc2Cl)c1. The van der Waals surface area contributed by atoms with Crippen LogP contribution in [-0.2, 0) is 0 Å². The lowest BCUT2D eigenvalue weighted by atomic mass is 10.2. The number of nitrogens with one attached hydrogen (secondary N) is 2. The van der Waals surface area contributed by atoms with Gasteiger partial charge in [-0.05, 0) is 36.8 Å². The standard InChI is InChI=1S/C16H16Cl2N2O2/c1-11-6-7-13(18)15(10-11)22-9-8-19-16(21)20-14-5-3-2-4-12(14)17/h2-7,10H,8-9H2,1H3,(H2,19,20,21). The van der Waals surface area contributed by atoms with Gasteiger partial charge in [-0.25, -0.2) is 4.79 Å². The molecule has 0 bridgehead atoms. The monoisotopic (exact) mass is 338 g/mol. The maximum atomic E-state index is 11.7. The van der Waals surface area contributed by atoms with Gasteiger partial charge in [0.05, 0.1) is 22.3 Å². The number of aryl methyl sites for hydroxylation is 1. The first-order valence-corrected chi connectivity index (χ1v) is 7.50. The molecule has 0 heterocycles. The number of anilines is 1. The van der Waals surface area contributed by atoms with E-state index in [9.17, 15) is 4.79 Å². The number of halogens is 2. The van der Waals surface area contributed by atoms with Crippen molar-refractivity contribution in [2.75, 3.05) is 18.5 Å². The minimum Gasteiger partial charge on any atom is -0.490 e. The third-order valence-corrected chi connectivity index (χ3v) is 3.50. The highest BCUT2D eigenvalue weighted by Crippen LogP contribution is 2.25. The van der Waals surface area contributed by atoms with E-state index in [1.54, 1.807) is 30.3 Å². The van der Waals surface area contributed by atoms with Gasteiger partial charge in [-0.15, -0.1) is 0 Å². The maximum Gasteiger partial charge on any atom is 0.319 e.